The molecule has 8 heteroatoms. The summed E-state index contributed by atoms with van der Waals surface area (Å²) in [6, 6.07) is 10.5. The molecule has 3 rings (SSSR count). The standard InChI is InChI=1S/C20H17FN2O5/c21-13-7-5-12(6-8-13)11-16(20(27)28)22-17(24)9-10-23-18(25)14-3-1-2-4-15(14)19(23)26/h1-8,16H,9-11H2,(H,22,24)(H,27,28). The second-order valence-electron chi connectivity index (χ2n) is 6.35. The number of carboxylic acids is 1. The second-order valence-corrected chi connectivity index (χ2v) is 6.35. The van der Waals surface area contributed by atoms with Crippen LogP contribution in [0, 0.1) is 5.82 Å². The van der Waals surface area contributed by atoms with Gasteiger partial charge in [-0.1, -0.05) is 24.3 Å². The summed E-state index contributed by atoms with van der Waals surface area (Å²) in [4.78, 5) is 49.1. The number of hydrogen-bond acceptors (Lipinski definition) is 4. The zero-order valence-corrected chi connectivity index (χ0v) is 14.7. The number of benzene rings is 2. The minimum absolute atomic E-state index is 0.0195. The van der Waals surface area contributed by atoms with Gasteiger partial charge in [0.2, 0.25) is 5.91 Å². The average Bonchev–Trinajstić information content (AvgIpc) is 2.92. The molecule has 0 saturated carbocycles. The summed E-state index contributed by atoms with van der Waals surface area (Å²) in [5, 5.41) is 11.7. The number of rotatable bonds is 7. The summed E-state index contributed by atoms with van der Waals surface area (Å²) in [5.74, 6) is -3.24. The first-order valence-corrected chi connectivity index (χ1v) is 8.58. The highest BCUT2D eigenvalue weighted by molar-refractivity contribution is 6.21. The molecule has 1 aliphatic rings. The van der Waals surface area contributed by atoms with Crippen molar-refractivity contribution in [3.63, 3.8) is 0 Å². The second kappa shape index (κ2) is 7.99. The molecule has 2 N–H and O–H groups in total. The van der Waals surface area contributed by atoms with Gasteiger partial charge in [0.1, 0.15) is 11.9 Å². The Morgan fingerprint density at radius 1 is 1.00 bits per heavy atom. The molecule has 28 heavy (non-hydrogen) atoms. The first-order valence-electron chi connectivity index (χ1n) is 8.58. The van der Waals surface area contributed by atoms with Crippen molar-refractivity contribution in [1.82, 2.24) is 10.2 Å². The Labute approximate surface area is 159 Å². The van der Waals surface area contributed by atoms with Gasteiger partial charge in [-0.2, -0.15) is 0 Å². The van der Waals surface area contributed by atoms with Crippen LogP contribution in [-0.4, -0.2) is 46.3 Å². The van der Waals surface area contributed by atoms with Crippen molar-refractivity contribution in [2.45, 2.75) is 18.9 Å². The predicted octanol–water partition coefficient (Wildman–Crippen LogP) is 1.62. The molecule has 0 radical (unpaired) electrons. The zero-order chi connectivity index (χ0) is 20.3. The van der Waals surface area contributed by atoms with Crippen LogP contribution >= 0.6 is 0 Å². The van der Waals surface area contributed by atoms with E-state index in [2.05, 4.69) is 5.32 Å². The number of hydrogen-bond donors (Lipinski definition) is 2. The molecule has 1 unspecified atom stereocenters. The minimum Gasteiger partial charge on any atom is -0.480 e. The van der Waals surface area contributed by atoms with Crippen molar-refractivity contribution in [2.75, 3.05) is 6.54 Å². The van der Waals surface area contributed by atoms with E-state index in [1.165, 1.54) is 24.3 Å². The van der Waals surface area contributed by atoms with Gasteiger partial charge in [-0.3, -0.25) is 19.3 Å². The highest BCUT2D eigenvalue weighted by Crippen LogP contribution is 2.22. The van der Waals surface area contributed by atoms with Gasteiger partial charge in [0.15, 0.2) is 0 Å². The van der Waals surface area contributed by atoms with E-state index in [-0.39, 0.29) is 30.5 Å². The van der Waals surface area contributed by atoms with Gasteiger partial charge in [-0.15, -0.1) is 0 Å². The number of carbonyl (C=O) groups excluding carboxylic acids is 3. The SMILES string of the molecule is O=C(CCN1C(=O)c2ccccc2C1=O)NC(Cc1ccc(F)cc1)C(=O)O. The van der Waals surface area contributed by atoms with Crippen LogP contribution in [0.15, 0.2) is 48.5 Å². The molecule has 0 aromatic heterocycles. The van der Waals surface area contributed by atoms with Gasteiger partial charge in [-0.05, 0) is 29.8 Å². The zero-order valence-electron chi connectivity index (χ0n) is 14.7. The number of halogens is 1. The van der Waals surface area contributed by atoms with Crippen LogP contribution in [0.5, 0.6) is 0 Å². The lowest BCUT2D eigenvalue weighted by atomic mass is 10.1. The molecular weight excluding hydrogens is 367 g/mol. The number of nitrogens with zero attached hydrogens (tertiary/aromatic N) is 1. The van der Waals surface area contributed by atoms with E-state index in [9.17, 15) is 28.7 Å². The summed E-state index contributed by atoms with van der Waals surface area (Å²) in [7, 11) is 0. The number of aliphatic carboxylic acids is 1. The van der Waals surface area contributed by atoms with E-state index >= 15 is 0 Å². The van der Waals surface area contributed by atoms with Crippen molar-refractivity contribution >= 4 is 23.7 Å². The Morgan fingerprint density at radius 2 is 1.57 bits per heavy atom. The molecule has 1 aliphatic heterocycles. The molecule has 2 aromatic rings. The molecule has 1 heterocycles. The number of carbonyl (C=O) groups is 4. The number of carboxylic acid groups (broad SMARTS) is 1. The fourth-order valence-electron chi connectivity index (χ4n) is 2.98. The Bertz CT molecular complexity index is 907. The van der Waals surface area contributed by atoms with Crippen molar-refractivity contribution < 1.29 is 28.7 Å². The van der Waals surface area contributed by atoms with E-state index in [0.717, 1.165) is 4.90 Å². The molecule has 3 amide bonds. The maximum atomic E-state index is 13.0. The van der Waals surface area contributed by atoms with Gasteiger partial charge in [-0.25, -0.2) is 9.18 Å². The van der Waals surface area contributed by atoms with Crippen LogP contribution < -0.4 is 5.32 Å². The Morgan fingerprint density at radius 3 is 2.11 bits per heavy atom. The molecule has 0 fully saturated rings. The third kappa shape index (κ3) is 4.06. The topological polar surface area (TPSA) is 104 Å². The lowest BCUT2D eigenvalue weighted by molar-refractivity contribution is -0.141. The molecule has 0 spiro atoms. The third-order valence-electron chi connectivity index (χ3n) is 4.43. The van der Waals surface area contributed by atoms with Crippen LogP contribution in [0.1, 0.15) is 32.7 Å². The molecule has 2 aromatic carbocycles. The summed E-state index contributed by atoms with van der Waals surface area (Å²) < 4.78 is 13.0. The smallest absolute Gasteiger partial charge is 0.326 e. The van der Waals surface area contributed by atoms with Crippen molar-refractivity contribution in [1.29, 1.82) is 0 Å². The van der Waals surface area contributed by atoms with Gasteiger partial charge in [0.25, 0.3) is 11.8 Å². The molecule has 0 aliphatic carbocycles. The van der Waals surface area contributed by atoms with Gasteiger partial charge in [0, 0.05) is 19.4 Å². The van der Waals surface area contributed by atoms with Gasteiger partial charge < -0.3 is 10.4 Å². The van der Waals surface area contributed by atoms with Crippen LogP contribution in [0.3, 0.4) is 0 Å². The molecule has 0 saturated heterocycles. The molecule has 1 atom stereocenters. The van der Waals surface area contributed by atoms with E-state index < -0.39 is 35.5 Å². The van der Waals surface area contributed by atoms with E-state index in [4.69, 9.17) is 0 Å². The number of nitrogens with one attached hydrogen (secondary N) is 1. The summed E-state index contributed by atoms with van der Waals surface area (Å²) in [5.41, 5.74) is 1.12. The fourth-order valence-corrected chi connectivity index (χ4v) is 2.98. The molecule has 144 valence electrons. The van der Waals surface area contributed by atoms with Crippen LogP contribution in [0.25, 0.3) is 0 Å². The van der Waals surface area contributed by atoms with E-state index in [1.807, 2.05) is 0 Å². The maximum Gasteiger partial charge on any atom is 0.326 e. The van der Waals surface area contributed by atoms with Crippen molar-refractivity contribution in [2.24, 2.45) is 0 Å². The summed E-state index contributed by atoms with van der Waals surface area (Å²) >= 11 is 0. The van der Waals surface area contributed by atoms with Gasteiger partial charge >= 0.3 is 5.97 Å². The number of fused-ring (bicyclic) bond motifs is 1. The molecule has 0 bridgehead atoms. The van der Waals surface area contributed by atoms with E-state index in [0.29, 0.717) is 5.56 Å². The normalized spacial score (nSPS) is 14.0. The minimum atomic E-state index is -1.24. The third-order valence-corrected chi connectivity index (χ3v) is 4.43. The monoisotopic (exact) mass is 384 g/mol. The Balaban J connectivity index is 1.58. The summed E-state index contributed by atoms with van der Waals surface area (Å²) in [6.45, 7) is -0.152. The highest BCUT2D eigenvalue weighted by Gasteiger charge is 2.35. The van der Waals surface area contributed by atoms with Crippen LogP contribution in [0.2, 0.25) is 0 Å². The van der Waals surface area contributed by atoms with E-state index in [1.54, 1.807) is 24.3 Å². The fraction of sp³-hybridized carbons (Fsp3) is 0.200. The largest absolute Gasteiger partial charge is 0.480 e. The van der Waals surface area contributed by atoms with Crippen LogP contribution in [0.4, 0.5) is 4.39 Å². The predicted molar refractivity (Wildman–Crippen MR) is 96.1 cm³/mol. The molecular formula is C20H17FN2O5. The van der Waals surface area contributed by atoms with Crippen LogP contribution in [-0.2, 0) is 16.0 Å². The Kier molecular flexibility index (Phi) is 5.49. The quantitative estimate of drug-likeness (QED) is 0.706. The van der Waals surface area contributed by atoms with Crippen molar-refractivity contribution in [3.8, 4) is 0 Å². The summed E-state index contributed by atoms with van der Waals surface area (Å²) in [6.07, 6.45) is -0.243. The first-order chi connectivity index (χ1) is 13.4. The van der Waals surface area contributed by atoms with Crippen molar-refractivity contribution in [3.05, 3.63) is 71.0 Å². The van der Waals surface area contributed by atoms with Gasteiger partial charge in [0.05, 0.1) is 11.1 Å². The average molecular weight is 384 g/mol. The first kappa shape index (κ1) is 19.2. The molecule has 7 nitrogen and oxygen atoms in total. The number of amides is 3. The maximum absolute atomic E-state index is 13.0. The lowest BCUT2D eigenvalue weighted by Crippen LogP contribution is -2.43. The lowest BCUT2D eigenvalue weighted by Gasteiger charge is -2.17. The highest BCUT2D eigenvalue weighted by atomic mass is 19.1. The number of imide groups is 1. The Hall–Kier alpha value is -3.55.